The van der Waals surface area contributed by atoms with Crippen LogP contribution in [0.1, 0.15) is 5.56 Å². The molecule has 7 nitrogen and oxygen atoms in total. The summed E-state index contributed by atoms with van der Waals surface area (Å²) in [7, 11) is -4.26. The smallest absolute Gasteiger partial charge is 0.376 e. The maximum Gasteiger partial charge on any atom is 0.534 e. The highest BCUT2D eigenvalue weighted by Crippen LogP contribution is 2.29. The first-order chi connectivity index (χ1) is 11.1. The molecule has 0 aliphatic heterocycles. The van der Waals surface area contributed by atoms with Gasteiger partial charge in [0.15, 0.2) is 0 Å². The highest BCUT2D eigenvalue weighted by atomic mass is 32.2. The highest BCUT2D eigenvalue weighted by molar-refractivity contribution is 7.88. The number of fused-ring (bicyclic) bond motifs is 1. The average molecular weight is 365 g/mol. The molecule has 0 saturated carbocycles. The number of hydrogen-bond donors (Lipinski definition) is 3. The fourth-order valence-electron chi connectivity index (χ4n) is 1.99. The fourth-order valence-corrected chi connectivity index (χ4v) is 2.44. The van der Waals surface area contributed by atoms with Gasteiger partial charge in [-0.25, -0.2) is 4.79 Å². The molecule has 1 heterocycles. The summed E-state index contributed by atoms with van der Waals surface area (Å²) in [4.78, 5) is 14.0. The highest BCUT2D eigenvalue weighted by Gasteiger charge is 2.48. The maximum atomic E-state index is 12.4. The molecule has 0 aliphatic rings. The molecule has 0 saturated heterocycles. The molecule has 0 radical (unpaired) electrons. The van der Waals surface area contributed by atoms with E-state index in [-0.39, 0.29) is 6.03 Å². The molecular weight excluding hydrogens is 351 g/mol. The van der Waals surface area contributed by atoms with Crippen LogP contribution in [0.2, 0.25) is 0 Å². The zero-order chi connectivity index (χ0) is 18.0. The van der Waals surface area contributed by atoms with E-state index in [1.807, 2.05) is 0 Å². The van der Waals surface area contributed by atoms with Crippen LogP contribution in [-0.2, 0) is 16.5 Å². The minimum atomic E-state index is -5.72. The van der Waals surface area contributed by atoms with Gasteiger partial charge < -0.3 is 19.8 Å². The summed E-state index contributed by atoms with van der Waals surface area (Å²) >= 11 is 0. The topological polar surface area (TPSA) is 100 Å². The van der Waals surface area contributed by atoms with Gasteiger partial charge in [-0.3, -0.25) is 0 Å². The van der Waals surface area contributed by atoms with Crippen molar-refractivity contribution in [1.82, 2.24) is 15.6 Å². The van der Waals surface area contributed by atoms with E-state index in [4.69, 9.17) is 0 Å². The molecule has 11 heteroatoms. The van der Waals surface area contributed by atoms with Crippen LogP contribution in [0.3, 0.4) is 0 Å². The van der Waals surface area contributed by atoms with Crippen molar-refractivity contribution in [3.8, 4) is 5.75 Å². The molecule has 0 unspecified atom stereocenters. The molecule has 24 heavy (non-hydrogen) atoms. The molecule has 0 aliphatic carbocycles. The van der Waals surface area contributed by atoms with Gasteiger partial charge in [0.2, 0.25) is 0 Å². The summed E-state index contributed by atoms with van der Waals surface area (Å²) in [5.74, 6) is -0.445. The van der Waals surface area contributed by atoms with Gasteiger partial charge in [-0.1, -0.05) is 0 Å². The van der Waals surface area contributed by atoms with Gasteiger partial charge in [0.25, 0.3) is 0 Å². The molecule has 0 fully saturated rings. The third-order valence-electron chi connectivity index (χ3n) is 3.14. The number of alkyl halides is 3. The molecule has 0 bridgehead atoms. The first-order valence-electron chi connectivity index (χ1n) is 6.70. The van der Waals surface area contributed by atoms with E-state index in [0.29, 0.717) is 29.4 Å². The first-order valence-corrected chi connectivity index (χ1v) is 8.11. The van der Waals surface area contributed by atoms with Gasteiger partial charge in [-0.05, 0) is 30.2 Å². The monoisotopic (exact) mass is 365 g/mol. The van der Waals surface area contributed by atoms with Crippen molar-refractivity contribution in [3.05, 3.63) is 30.0 Å². The lowest BCUT2D eigenvalue weighted by Crippen LogP contribution is -2.33. The third kappa shape index (κ3) is 3.91. The van der Waals surface area contributed by atoms with E-state index in [0.717, 1.165) is 6.07 Å². The number of hydrogen-bond acceptors (Lipinski definition) is 4. The number of carbonyl (C=O) groups excluding carboxylic acids is 1. The van der Waals surface area contributed by atoms with Crippen LogP contribution in [0.5, 0.6) is 5.75 Å². The second kappa shape index (κ2) is 6.59. The molecule has 132 valence electrons. The van der Waals surface area contributed by atoms with Crippen LogP contribution in [0.15, 0.2) is 24.4 Å². The van der Waals surface area contributed by atoms with Gasteiger partial charge in [-0.2, -0.15) is 21.6 Å². The molecule has 1 aromatic carbocycles. The van der Waals surface area contributed by atoms with Crippen molar-refractivity contribution in [2.75, 3.05) is 13.6 Å². The molecule has 3 N–H and O–H groups in total. The largest absolute Gasteiger partial charge is 0.534 e. The summed E-state index contributed by atoms with van der Waals surface area (Å²) in [6, 6.07) is 3.36. The summed E-state index contributed by atoms with van der Waals surface area (Å²) in [5.41, 5.74) is -4.21. The molecule has 1 aromatic heterocycles. The first kappa shape index (κ1) is 17.9. The summed E-state index contributed by atoms with van der Waals surface area (Å²) in [5, 5.41) is 5.45. The molecular formula is C13H14F3N3O4S. The molecule has 2 aromatic rings. The van der Waals surface area contributed by atoms with E-state index in [1.54, 1.807) is 6.20 Å². The summed E-state index contributed by atoms with van der Waals surface area (Å²) < 4.78 is 63.3. The predicted molar refractivity (Wildman–Crippen MR) is 80.1 cm³/mol. The predicted octanol–water partition coefficient (Wildman–Crippen LogP) is 1.87. The Bertz CT molecular complexity index is 846. The zero-order valence-electron chi connectivity index (χ0n) is 12.4. The Morgan fingerprint density at radius 1 is 1.33 bits per heavy atom. The number of nitrogens with one attached hydrogen (secondary N) is 3. The van der Waals surface area contributed by atoms with Gasteiger partial charge in [-0.15, -0.1) is 0 Å². The van der Waals surface area contributed by atoms with Crippen LogP contribution >= 0.6 is 0 Å². The van der Waals surface area contributed by atoms with Crippen molar-refractivity contribution in [1.29, 1.82) is 0 Å². The van der Waals surface area contributed by atoms with Crippen LogP contribution in [0, 0.1) is 0 Å². The Morgan fingerprint density at radius 2 is 2.04 bits per heavy atom. The zero-order valence-corrected chi connectivity index (χ0v) is 13.2. The SMILES string of the molecule is CNC(=O)NCCc1c[nH]c2ccc(OS(=O)(=O)C(F)(F)F)cc12. The van der Waals surface area contributed by atoms with Gasteiger partial charge in [0.1, 0.15) is 5.75 Å². The quantitative estimate of drug-likeness (QED) is 0.556. The standard InChI is InChI=1S/C13H14F3N3O4S/c1-17-12(20)18-5-4-8-7-19-11-3-2-9(6-10(8)11)23-24(21,22)13(14,15)16/h2-3,6-7,19H,4-5H2,1H3,(H2,17,18,20). The Balaban J connectivity index is 2.21. The number of aromatic nitrogens is 1. The second-order valence-electron chi connectivity index (χ2n) is 4.76. The molecule has 2 amide bonds. The van der Waals surface area contributed by atoms with Crippen molar-refractivity contribution in [2.24, 2.45) is 0 Å². The number of aromatic amines is 1. The van der Waals surface area contributed by atoms with Crippen LogP contribution in [0.4, 0.5) is 18.0 Å². The van der Waals surface area contributed by atoms with Crippen molar-refractivity contribution in [2.45, 2.75) is 11.9 Å². The number of rotatable bonds is 5. The Morgan fingerprint density at radius 3 is 2.67 bits per heavy atom. The van der Waals surface area contributed by atoms with Crippen molar-refractivity contribution < 1.29 is 30.6 Å². The number of H-pyrrole nitrogens is 1. The van der Waals surface area contributed by atoms with Gasteiger partial charge >= 0.3 is 21.7 Å². The third-order valence-corrected chi connectivity index (χ3v) is 4.11. The number of amides is 2. The second-order valence-corrected chi connectivity index (χ2v) is 6.30. The van der Waals surface area contributed by atoms with Gasteiger partial charge in [0, 0.05) is 30.7 Å². The lowest BCUT2D eigenvalue weighted by molar-refractivity contribution is -0.0500. The maximum absolute atomic E-state index is 12.4. The fraction of sp³-hybridized carbons (Fsp3) is 0.308. The van der Waals surface area contributed by atoms with Crippen LogP contribution in [-0.4, -0.2) is 38.5 Å². The Hall–Kier alpha value is -2.43. The number of halogens is 3. The minimum absolute atomic E-state index is 0.290. The van der Waals surface area contributed by atoms with Crippen LogP contribution < -0.4 is 14.8 Å². The van der Waals surface area contributed by atoms with E-state index < -0.39 is 21.4 Å². The number of urea groups is 1. The average Bonchev–Trinajstić information content (AvgIpc) is 2.88. The van der Waals surface area contributed by atoms with E-state index in [9.17, 15) is 26.4 Å². The molecule has 0 atom stereocenters. The number of benzene rings is 1. The lowest BCUT2D eigenvalue weighted by Gasteiger charge is -2.09. The summed E-state index contributed by atoms with van der Waals surface area (Å²) in [6.07, 6.45) is 2.02. The minimum Gasteiger partial charge on any atom is -0.376 e. The Labute approximate surface area is 135 Å². The number of carbonyl (C=O) groups is 1. The van der Waals surface area contributed by atoms with E-state index >= 15 is 0 Å². The Kier molecular flexibility index (Phi) is 4.92. The normalized spacial score (nSPS) is 12.2. The van der Waals surface area contributed by atoms with Crippen LogP contribution in [0.25, 0.3) is 10.9 Å². The lowest BCUT2D eigenvalue weighted by atomic mass is 10.1. The molecule has 2 rings (SSSR count). The van der Waals surface area contributed by atoms with E-state index in [1.165, 1.54) is 19.2 Å². The van der Waals surface area contributed by atoms with E-state index in [2.05, 4.69) is 19.8 Å². The van der Waals surface area contributed by atoms with Gasteiger partial charge in [0.05, 0.1) is 0 Å². The summed E-state index contributed by atoms with van der Waals surface area (Å²) in [6.45, 7) is 0.290. The van der Waals surface area contributed by atoms with Crippen molar-refractivity contribution >= 4 is 27.1 Å². The molecule has 0 spiro atoms. The van der Waals surface area contributed by atoms with Crippen molar-refractivity contribution in [3.63, 3.8) is 0 Å².